The molecule has 1 saturated carbocycles. The first-order chi connectivity index (χ1) is 9.51. The van der Waals surface area contributed by atoms with Crippen LogP contribution < -0.4 is 5.32 Å². The van der Waals surface area contributed by atoms with Crippen molar-refractivity contribution in [1.82, 2.24) is 10.2 Å². The number of nitrogens with zero attached hydrogens (tertiary/aromatic N) is 1. The quantitative estimate of drug-likeness (QED) is 0.588. The van der Waals surface area contributed by atoms with E-state index in [1.54, 1.807) is 0 Å². The largest absolute Gasteiger partial charge is 0.374 e. The maximum absolute atomic E-state index is 6.29. The lowest BCUT2D eigenvalue weighted by Crippen LogP contribution is -2.46. The van der Waals surface area contributed by atoms with Gasteiger partial charge in [0.15, 0.2) is 0 Å². The summed E-state index contributed by atoms with van der Waals surface area (Å²) in [6, 6.07) is 1.20. The monoisotopic (exact) mass is 284 g/mol. The van der Waals surface area contributed by atoms with Crippen LogP contribution in [0.5, 0.6) is 0 Å². The molecule has 0 amide bonds. The van der Waals surface area contributed by atoms with Crippen molar-refractivity contribution in [3.63, 3.8) is 0 Å². The van der Waals surface area contributed by atoms with Crippen molar-refractivity contribution in [1.29, 1.82) is 0 Å². The Morgan fingerprint density at radius 1 is 1.10 bits per heavy atom. The number of ether oxygens (including phenoxy) is 1. The maximum atomic E-state index is 6.29. The first-order valence-electron chi connectivity index (χ1n) is 8.61. The molecule has 1 rings (SSSR count). The van der Waals surface area contributed by atoms with Crippen molar-refractivity contribution in [2.75, 3.05) is 26.2 Å². The van der Waals surface area contributed by atoms with Crippen LogP contribution in [0.3, 0.4) is 0 Å². The molecule has 0 unspecified atom stereocenters. The van der Waals surface area contributed by atoms with Crippen LogP contribution in [0, 0.1) is 0 Å². The van der Waals surface area contributed by atoms with Crippen molar-refractivity contribution in [2.24, 2.45) is 0 Å². The smallest absolute Gasteiger partial charge is 0.0695 e. The zero-order valence-corrected chi connectivity index (χ0v) is 14.4. The van der Waals surface area contributed by atoms with E-state index in [9.17, 15) is 0 Å². The van der Waals surface area contributed by atoms with Crippen molar-refractivity contribution >= 4 is 0 Å². The third-order valence-corrected chi connectivity index (χ3v) is 4.53. The Bertz CT molecular complexity index is 241. The Hall–Kier alpha value is -0.120. The van der Waals surface area contributed by atoms with Crippen LogP contribution >= 0.6 is 0 Å². The molecule has 0 atom stereocenters. The van der Waals surface area contributed by atoms with E-state index in [0.717, 1.165) is 26.2 Å². The zero-order valence-electron chi connectivity index (χ0n) is 14.4. The van der Waals surface area contributed by atoms with Crippen molar-refractivity contribution in [3.8, 4) is 0 Å². The molecule has 1 aliphatic rings. The average Bonchev–Trinajstić information content (AvgIpc) is 2.34. The van der Waals surface area contributed by atoms with E-state index in [1.165, 1.54) is 32.1 Å². The van der Waals surface area contributed by atoms with E-state index in [4.69, 9.17) is 4.74 Å². The molecule has 20 heavy (non-hydrogen) atoms. The second-order valence-electron chi connectivity index (χ2n) is 6.81. The van der Waals surface area contributed by atoms with Crippen molar-refractivity contribution in [2.45, 2.75) is 84.4 Å². The van der Waals surface area contributed by atoms with E-state index in [1.807, 2.05) is 0 Å². The third kappa shape index (κ3) is 5.71. The van der Waals surface area contributed by atoms with Gasteiger partial charge < -0.3 is 10.1 Å². The minimum atomic E-state index is 0.195. The lowest BCUT2D eigenvalue weighted by molar-refractivity contribution is -0.111. The fraction of sp³-hybridized carbons (Fsp3) is 1.00. The molecule has 1 N–H and O–H groups in total. The van der Waals surface area contributed by atoms with Gasteiger partial charge in [-0.25, -0.2) is 0 Å². The number of rotatable bonds is 11. The van der Waals surface area contributed by atoms with E-state index in [0.29, 0.717) is 12.1 Å². The van der Waals surface area contributed by atoms with Crippen LogP contribution in [0.2, 0.25) is 0 Å². The highest BCUT2D eigenvalue weighted by Crippen LogP contribution is 2.38. The summed E-state index contributed by atoms with van der Waals surface area (Å²) in [6.07, 6.45) is 6.24. The Kier molecular flexibility index (Phi) is 8.08. The van der Waals surface area contributed by atoms with Gasteiger partial charge in [-0.3, -0.25) is 4.90 Å². The number of hydrogen-bond donors (Lipinski definition) is 1. The molecule has 0 spiro atoms. The van der Waals surface area contributed by atoms with E-state index >= 15 is 0 Å². The summed E-state index contributed by atoms with van der Waals surface area (Å²) in [5, 5.41) is 3.50. The zero-order chi connectivity index (χ0) is 15.0. The van der Waals surface area contributed by atoms with Gasteiger partial charge in [0.2, 0.25) is 0 Å². The second-order valence-corrected chi connectivity index (χ2v) is 6.81. The molecule has 3 heteroatoms. The molecular formula is C17H36N2O. The molecule has 0 aromatic heterocycles. The molecular weight excluding hydrogens is 248 g/mol. The summed E-state index contributed by atoms with van der Waals surface area (Å²) in [5.41, 5.74) is 0.195. The van der Waals surface area contributed by atoms with Gasteiger partial charge in [-0.15, -0.1) is 0 Å². The van der Waals surface area contributed by atoms with Crippen LogP contribution in [-0.2, 0) is 4.74 Å². The Morgan fingerprint density at radius 2 is 1.75 bits per heavy atom. The molecule has 1 aliphatic carbocycles. The molecule has 0 heterocycles. The molecule has 0 aromatic carbocycles. The van der Waals surface area contributed by atoms with Crippen LogP contribution in [-0.4, -0.2) is 48.8 Å². The standard InChI is InChI=1S/C17H36N2O/c1-6-11-18-12-10-17(8-7-9-17)20-14-13-19(15(2)3)16(4)5/h15-16,18H,6-14H2,1-5H3. The van der Waals surface area contributed by atoms with Gasteiger partial charge in [0.25, 0.3) is 0 Å². The van der Waals surface area contributed by atoms with Gasteiger partial charge in [0, 0.05) is 18.6 Å². The Balaban J connectivity index is 2.26. The summed E-state index contributed by atoms with van der Waals surface area (Å²) in [7, 11) is 0. The first kappa shape index (κ1) is 17.9. The van der Waals surface area contributed by atoms with Crippen LogP contribution in [0.25, 0.3) is 0 Å². The average molecular weight is 284 g/mol. The minimum absolute atomic E-state index is 0.195. The van der Waals surface area contributed by atoms with E-state index in [-0.39, 0.29) is 5.60 Å². The molecule has 3 nitrogen and oxygen atoms in total. The fourth-order valence-corrected chi connectivity index (χ4v) is 3.14. The van der Waals surface area contributed by atoms with Gasteiger partial charge in [0.1, 0.15) is 0 Å². The Morgan fingerprint density at radius 3 is 2.20 bits per heavy atom. The highest BCUT2D eigenvalue weighted by molar-refractivity contribution is 4.90. The molecule has 0 aliphatic heterocycles. The van der Waals surface area contributed by atoms with Gasteiger partial charge in [0.05, 0.1) is 12.2 Å². The van der Waals surface area contributed by atoms with Crippen molar-refractivity contribution in [3.05, 3.63) is 0 Å². The summed E-state index contributed by atoms with van der Waals surface area (Å²) in [6.45, 7) is 15.5. The summed E-state index contributed by atoms with van der Waals surface area (Å²) in [4.78, 5) is 2.52. The van der Waals surface area contributed by atoms with Gasteiger partial charge >= 0.3 is 0 Å². The number of nitrogens with one attached hydrogen (secondary N) is 1. The highest BCUT2D eigenvalue weighted by Gasteiger charge is 2.37. The normalized spacial score (nSPS) is 18.0. The minimum Gasteiger partial charge on any atom is -0.374 e. The van der Waals surface area contributed by atoms with Gasteiger partial charge in [-0.2, -0.15) is 0 Å². The Labute approximate surface area is 126 Å². The van der Waals surface area contributed by atoms with Gasteiger partial charge in [-0.05, 0) is 72.9 Å². The van der Waals surface area contributed by atoms with Crippen LogP contribution in [0.15, 0.2) is 0 Å². The summed E-state index contributed by atoms with van der Waals surface area (Å²) >= 11 is 0. The lowest BCUT2D eigenvalue weighted by Gasteiger charge is -2.43. The second kappa shape index (κ2) is 9.01. The van der Waals surface area contributed by atoms with Gasteiger partial charge in [-0.1, -0.05) is 6.92 Å². The molecule has 0 radical (unpaired) electrons. The van der Waals surface area contributed by atoms with Crippen LogP contribution in [0.1, 0.15) is 66.7 Å². The molecule has 120 valence electrons. The van der Waals surface area contributed by atoms with Crippen LogP contribution in [0.4, 0.5) is 0 Å². The predicted octanol–water partition coefficient (Wildman–Crippen LogP) is 3.43. The van der Waals surface area contributed by atoms with E-state index < -0.39 is 0 Å². The maximum Gasteiger partial charge on any atom is 0.0695 e. The SMILES string of the molecule is CCCNCCC1(OCCN(C(C)C)C(C)C)CCC1. The third-order valence-electron chi connectivity index (χ3n) is 4.53. The molecule has 0 aromatic rings. The molecule has 0 bridgehead atoms. The molecule has 1 fully saturated rings. The lowest BCUT2D eigenvalue weighted by atomic mass is 9.77. The topological polar surface area (TPSA) is 24.5 Å². The summed E-state index contributed by atoms with van der Waals surface area (Å²) in [5.74, 6) is 0. The highest BCUT2D eigenvalue weighted by atomic mass is 16.5. The summed E-state index contributed by atoms with van der Waals surface area (Å²) < 4.78 is 6.29. The molecule has 0 saturated heterocycles. The predicted molar refractivity (Wildman–Crippen MR) is 87.3 cm³/mol. The fourth-order valence-electron chi connectivity index (χ4n) is 3.14. The number of hydrogen-bond acceptors (Lipinski definition) is 3. The van der Waals surface area contributed by atoms with E-state index in [2.05, 4.69) is 44.8 Å². The first-order valence-corrected chi connectivity index (χ1v) is 8.61. The van der Waals surface area contributed by atoms with Crippen molar-refractivity contribution < 1.29 is 4.74 Å².